The maximum absolute atomic E-state index is 11.9. The normalized spacial score (nSPS) is 16.8. The number of rotatable bonds is 5. The minimum atomic E-state index is 0.0567. The van der Waals surface area contributed by atoms with Gasteiger partial charge in [-0.15, -0.1) is 0 Å². The highest BCUT2D eigenvalue weighted by atomic mass is 16.5. The largest absolute Gasteiger partial charge is 0.491 e. The lowest BCUT2D eigenvalue weighted by Crippen LogP contribution is -2.35. The zero-order valence-electron chi connectivity index (χ0n) is 12.0. The molecule has 0 heterocycles. The van der Waals surface area contributed by atoms with Crippen LogP contribution in [0.5, 0.6) is 5.75 Å². The Morgan fingerprint density at radius 3 is 2.32 bits per heavy atom. The predicted molar refractivity (Wildman–Crippen MR) is 76.1 cm³/mol. The quantitative estimate of drug-likeness (QED) is 0.881. The van der Waals surface area contributed by atoms with Gasteiger partial charge in [-0.3, -0.25) is 4.79 Å². The summed E-state index contributed by atoms with van der Waals surface area (Å²) in [7, 11) is 0. The van der Waals surface area contributed by atoms with Crippen LogP contribution in [0.3, 0.4) is 0 Å². The van der Waals surface area contributed by atoms with Gasteiger partial charge in [0.1, 0.15) is 5.75 Å². The van der Waals surface area contributed by atoms with Gasteiger partial charge < -0.3 is 10.1 Å². The van der Waals surface area contributed by atoms with E-state index >= 15 is 0 Å². The third-order valence-electron chi connectivity index (χ3n) is 3.59. The van der Waals surface area contributed by atoms with E-state index in [0.29, 0.717) is 0 Å². The first kappa shape index (κ1) is 13.9. The van der Waals surface area contributed by atoms with Crippen LogP contribution in [0, 0.1) is 5.92 Å². The molecular weight excluding hydrogens is 238 g/mol. The van der Waals surface area contributed by atoms with Crippen LogP contribution in [0.15, 0.2) is 24.3 Å². The summed E-state index contributed by atoms with van der Waals surface area (Å²) in [6.07, 6.45) is 3.45. The standard InChI is InChI=1S/C16H23NO2/c1-11(2)19-15-9-7-13(8-10-15)12(3)17-16(18)14-5-4-6-14/h7-12,14H,4-6H2,1-3H3,(H,17,18). The molecule has 1 atom stereocenters. The van der Waals surface area contributed by atoms with Gasteiger partial charge >= 0.3 is 0 Å². The Balaban J connectivity index is 1.91. The number of carbonyl (C=O) groups excluding carboxylic acids is 1. The smallest absolute Gasteiger partial charge is 0.223 e. The summed E-state index contributed by atoms with van der Waals surface area (Å²) in [5, 5.41) is 3.08. The van der Waals surface area contributed by atoms with Gasteiger partial charge in [-0.05, 0) is 51.3 Å². The Morgan fingerprint density at radius 1 is 1.21 bits per heavy atom. The van der Waals surface area contributed by atoms with E-state index in [-0.39, 0.29) is 24.0 Å². The van der Waals surface area contributed by atoms with Gasteiger partial charge in [0.15, 0.2) is 0 Å². The molecule has 2 rings (SSSR count). The maximum atomic E-state index is 11.9. The summed E-state index contributed by atoms with van der Waals surface area (Å²) in [4.78, 5) is 11.9. The van der Waals surface area contributed by atoms with E-state index in [0.717, 1.165) is 24.2 Å². The second kappa shape index (κ2) is 6.09. The Labute approximate surface area is 115 Å². The zero-order chi connectivity index (χ0) is 13.8. The fraction of sp³-hybridized carbons (Fsp3) is 0.562. The summed E-state index contributed by atoms with van der Waals surface area (Å²) in [6.45, 7) is 6.04. The molecule has 0 saturated heterocycles. The van der Waals surface area contributed by atoms with Crippen LogP contribution in [0.25, 0.3) is 0 Å². The van der Waals surface area contributed by atoms with Crippen LogP contribution in [-0.2, 0) is 4.79 Å². The highest BCUT2D eigenvalue weighted by Gasteiger charge is 2.26. The van der Waals surface area contributed by atoms with Crippen LogP contribution < -0.4 is 10.1 Å². The Bertz CT molecular complexity index is 421. The van der Waals surface area contributed by atoms with Crippen molar-refractivity contribution in [1.82, 2.24) is 5.32 Å². The van der Waals surface area contributed by atoms with Gasteiger partial charge in [0, 0.05) is 5.92 Å². The number of hydrogen-bond donors (Lipinski definition) is 1. The molecule has 1 aliphatic rings. The van der Waals surface area contributed by atoms with E-state index in [4.69, 9.17) is 4.74 Å². The molecule has 1 amide bonds. The SMILES string of the molecule is CC(C)Oc1ccc(C(C)NC(=O)C2CCC2)cc1. The summed E-state index contributed by atoms with van der Waals surface area (Å²) in [6, 6.07) is 8.01. The molecule has 0 radical (unpaired) electrons. The van der Waals surface area contributed by atoms with Crippen LogP contribution >= 0.6 is 0 Å². The number of amides is 1. The molecule has 0 aliphatic heterocycles. The lowest BCUT2D eigenvalue weighted by atomic mass is 9.84. The van der Waals surface area contributed by atoms with Crippen LogP contribution in [0.2, 0.25) is 0 Å². The van der Waals surface area contributed by atoms with Crippen molar-refractivity contribution >= 4 is 5.91 Å². The van der Waals surface area contributed by atoms with Gasteiger partial charge in [-0.2, -0.15) is 0 Å². The summed E-state index contributed by atoms with van der Waals surface area (Å²) in [5.74, 6) is 1.31. The van der Waals surface area contributed by atoms with Gasteiger partial charge in [-0.25, -0.2) is 0 Å². The maximum Gasteiger partial charge on any atom is 0.223 e. The number of carbonyl (C=O) groups is 1. The molecule has 3 nitrogen and oxygen atoms in total. The van der Waals surface area contributed by atoms with Crippen molar-refractivity contribution in [2.75, 3.05) is 0 Å². The highest BCUT2D eigenvalue weighted by molar-refractivity contribution is 5.79. The molecule has 1 aromatic carbocycles. The van der Waals surface area contributed by atoms with Crippen molar-refractivity contribution in [2.24, 2.45) is 5.92 Å². The van der Waals surface area contributed by atoms with Crippen molar-refractivity contribution in [3.63, 3.8) is 0 Å². The molecule has 104 valence electrons. The Hall–Kier alpha value is -1.51. The molecular formula is C16H23NO2. The number of hydrogen-bond acceptors (Lipinski definition) is 2. The second-order valence-electron chi connectivity index (χ2n) is 5.59. The minimum absolute atomic E-state index is 0.0567. The van der Waals surface area contributed by atoms with Crippen LogP contribution in [0.1, 0.15) is 51.6 Å². The average Bonchev–Trinajstić information content (AvgIpc) is 2.26. The molecule has 1 aromatic rings. The third kappa shape index (κ3) is 3.72. The monoisotopic (exact) mass is 261 g/mol. The Morgan fingerprint density at radius 2 is 1.84 bits per heavy atom. The minimum Gasteiger partial charge on any atom is -0.491 e. The summed E-state index contributed by atoms with van der Waals surface area (Å²) in [5.41, 5.74) is 1.11. The molecule has 1 unspecified atom stereocenters. The lowest BCUT2D eigenvalue weighted by molar-refractivity contribution is -0.128. The average molecular weight is 261 g/mol. The van der Waals surface area contributed by atoms with E-state index in [1.54, 1.807) is 0 Å². The molecule has 0 bridgehead atoms. The van der Waals surface area contributed by atoms with Gasteiger partial charge in [-0.1, -0.05) is 18.6 Å². The summed E-state index contributed by atoms with van der Waals surface area (Å²) < 4.78 is 5.61. The van der Waals surface area contributed by atoms with Crippen molar-refractivity contribution in [3.8, 4) is 5.75 Å². The molecule has 1 N–H and O–H groups in total. The first-order chi connectivity index (χ1) is 9.06. The van der Waals surface area contributed by atoms with Crippen molar-refractivity contribution in [3.05, 3.63) is 29.8 Å². The van der Waals surface area contributed by atoms with E-state index < -0.39 is 0 Å². The molecule has 0 spiro atoms. The fourth-order valence-corrected chi connectivity index (χ4v) is 2.19. The topological polar surface area (TPSA) is 38.3 Å². The number of benzene rings is 1. The van der Waals surface area contributed by atoms with Gasteiger partial charge in [0.2, 0.25) is 5.91 Å². The number of nitrogens with one attached hydrogen (secondary N) is 1. The van der Waals surface area contributed by atoms with E-state index in [1.807, 2.05) is 45.0 Å². The first-order valence-corrected chi connectivity index (χ1v) is 7.13. The second-order valence-corrected chi connectivity index (χ2v) is 5.59. The molecule has 1 aliphatic carbocycles. The molecule has 19 heavy (non-hydrogen) atoms. The zero-order valence-corrected chi connectivity index (χ0v) is 12.0. The van der Waals surface area contributed by atoms with Crippen LogP contribution in [-0.4, -0.2) is 12.0 Å². The van der Waals surface area contributed by atoms with Crippen molar-refractivity contribution < 1.29 is 9.53 Å². The van der Waals surface area contributed by atoms with Crippen molar-refractivity contribution in [1.29, 1.82) is 0 Å². The Kier molecular flexibility index (Phi) is 4.46. The highest BCUT2D eigenvalue weighted by Crippen LogP contribution is 2.27. The molecule has 0 aromatic heterocycles. The number of ether oxygens (including phenoxy) is 1. The molecule has 1 saturated carbocycles. The van der Waals surface area contributed by atoms with E-state index in [2.05, 4.69) is 5.32 Å². The first-order valence-electron chi connectivity index (χ1n) is 7.13. The van der Waals surface area contributed by atoms with Gasteiger partial charge in [0.25, 0.3) is 0 Å². The van der Waals surface area contributed by atoms with Crippen LogP contribution in [0.4, 0.5) is 0 Å². The van der Waals surface area contributed by atoms with Gasteiger partial charge in [0.05, 0.1) is 12.1 Å². The third-order valence-corrected chi connectivity index (χ3v) is 3.59. The van der Waals surface area contributed by atoms with E-state index in [9.17, 15) is 4.79 Å². The predicted octanol–water partition coefficient (Wildman–Crippen LogP) is 3.45. The summed E-state index contributed by atoms with van der Waals surface area (Å²) >= 11 is 0. The van der Waals surface area contributed by atoms with Crippen molar-refractivity contribution in [2.45, 2.75) is 52.2 Å². The molecule has 1 fully saturated rings. The van der Waals surface area contributed by atoms with E-state index in [1.165, 1.54) is 6.42 Å². The fourth-order valence-electron chi connectivity index (χ4n) is 2.19. The molecule has 3 heteroatoms. The lowest BCUT2D eigenvalue weighted by Gasteiger charge is -2.26.